The SMILES string of the molecule is CSC1=C(SC)SC(=C2SC3=C(S2)SC(=C2S[C@@H](C)[C@H](C)S2)S3)S1. The second kappa shape index (κ2) is 8.45. The Labute approximate surface area is 186 Å². The van der Waals surface area contributed by atoms with Gasteiger partial charge in [0.1, 0.15) is 0 Å². The van der Waals surface area contributed by atoms with E-state index in [2.05, 4.69) is 49.9 Å². The normalized spacial score (nSPS) is 30.5. The van der Waals surface area contributed by atoms with E-state index in [9.17, 15) is 0 Å². The van der Waals surface area contributed by atoms with Crippen LogP contribution in [0.25, 0.3) is 0 Å². The van der Waals surface area contributed by atoms with Crippen LogP contribution < -0.4 is 0 Å². The summed E-state index contributed by atoms with van der Waals surface area (Å²) in [6.45, 7) is 4.70. The molecular formula is C14H14S10. The van der Waals surface area contributed by atoms with Gasteiger partial charge in [-0.25, -0.2) is 0 Å². The average molecular weight is 503 g/mol. The zero-order valence-corrected chi connectivity index (χ0v) is 21.4. The van der Waals surface area contributed by atoms with E-state index >= 15 is 0 Å². The molecule has 0 spiro atoms. The maximum Gasteiger partial charge on any atom is 0.0718 e. The molecular weight excluding hydrogens is 489 g/mol. The van der Waals surface area contributed by atoms with Crippen molar-refractivity contribution >= 4 is 118 Å². The highest BCUT2D eigenvalue weighted by Gasteiger charge is 2.37. The summed E-state index contributed by atoms with van der Waals surface area (Å²) in [4.78, 5) is 0. The Balaban J connectivity index is 1.45. The Morgan fingerprint density at radius 1 is 0.542 bits per heavy atom. The molecule has 0 aromatic heterocycles. The van der Waals surface area contributed by atoms with Crippen LogP contribution in [0.3, 0.4) is 0 Å². The molecule has 0 N–H and O–H groups in total. The van der Waals surface area contributed by atoms with Gasteiger partial charge in [0.25, 0.3) is 0 Å². The van der Waals surface area contributed by atoms with Crippen molar-refractivity contribution in [2.24, 2.45) is 0 Å². The molecule has 0 bridgehead atoms. The summed E-state index contributed by atoms with van der Waals surface area (Å²) in [7, 11) is 0. The Bertz CT molecular complexity index is 648. The third-order valence-corrected chi connectivity index (χ3v) is 18.4. The maximum absolute atomic E-state index is 2.35. The van der Waals surface area contributed by atoms with Crippen LogP contribution >= 0.6 is 118 Å². The molecule has 10 heteroatoms. The lowest BCUT2D eigenvalue weighted by atomic mass is 10.4. The third-order valence-electron chi connectivity index (χ3n) is 3.40. The van der Waals surface area contributed by atoms with Gasteiger partial charge in [-0.1, -0.05) is 84.4 Å². The maximum atomic E-state index is 2.35. The monoisotopic (exact) mass is 502 g/mol. The molecule has 4 aliphatic rings. The molecule has 0 saturated carbocycles. The van der Waals surface area contributed by atoms with Crippen LogP contribution in [-0.4, -0.2) is 23.0 Å². The van der Waals surface area contributed by atoms with Crippen molar-refractivity contribution in [3.05, 3.63) is 33.9 Å². The predicted molar refractivity (Wildman–Crippen MR) is 135 cm³/mol. The van der Waals surface area contributed by atoms with Crippen molar-refractivity contribution < 1.29 is 0 Å². The molecule has 0 radical (unpaired) electrons. The Kier molecular flexibility index (Phi) is 6.96. The molecule has 1 saturated heterocycles. The van der Waals surface area contributed by atoms with Gasteiger partial charge >= 0.3 is 0 Å². The summed E-state index contributed by atoms with van der Waals surface area (Å²) in [6.07, 6.45) is 4.37. The van der Waals surface area contributed by atoms with E-state index in [0.717, 1.165) is 10.5 Å². The molecule has 130 valence electrons. The zero-order valence-electron chi connectivity index (χ0n) is 13.2. The fourth-order valence-corrected chi connectivity index (χ4v) is 17.1. The third kappa shape index (κ3) is 3.94. The van der Waals surface area contributed by atoms with Crippen molar-refractivity contribution in [2.75, 3.05) is 12.5 Å². The first-order valence-corrected chi connectivity index (χ1v) is 16.1. The van der Waals surface area contributed by atoms with E-state index in [-0.39, 0.29) is 0 Å². The standard InChI is InChI=1S/C14H14S10/c1-5-6(2)18-9(17-5)10-21-13-14(22-10)24-12(23-13)11-19-7(15-3)8(16-4)20-11/h5-6H,1-4H3/t5-,6-/m0/s1. The van der Waals surface area contributed by atoms with Gasteiger partial charge in [0.05, 0.1) is 33.9 Å². The fourth-order valence-electron chi connectivity index (χ4n) is 2.01. The molecule has 0 aliphatic carbocycles. The minimum atomic E-state index is 0.736. The van der Waals surface area contributed by atoms with Gasteiger partial charge in [0.15, 0.2) is 0 Å². The Morgan fingerprint density at radius 2 is 0.875 bits per heavy atom. The minimum Gasteiger partial charge on any atom is -0.121 e. The second-order valence-corrected chi connectivity index (χ2v) is 17.6. The summed E-state index contributed by atoms with van der Waals surface area (Å²) in [6, 6.07) is 0. The first kappa shape index (κ1) is 19.8. The second-order valence-electron chi connectivity index (χ2n) is 4.97. The first-order chi connectivity index (χ1) is 11.6. The van der Waals surface area contributed by atoms with E-state index < -0.39 is 0 Å². The zero-order chi connectivity index (χ0) is 16.8. The highest BCUT2D eigenvalue weighted by Crippen LogP contribution is 2.72. The van der Waals surface area contributed by atoms with Crippen LogP contribution in [0.1, 0.15) is 13.8 Å². The number of hydrogen-bond donors (Lipinski definition) is 0. The lowest BCUT2D eigenvalue weighted by molar-refractivity contribution is 0.941. The minimum absolute atomic E-state index is 0.736. The van der Waals surface area contributed by atoms with Gasteiger partial charge in [-0.3, -0.25) is 0 Å². The smallest absolute Gasteiger partial charge is 0.0718 e. The van der Waals surface area contributed by atoms with Crippen LogP contribution in [0.2, 0.25) is 0 Å². The summed E-state index contributed by atoms with van der Waals surface area (Å²) in [5.74, 6) is 0. The van der Waals surface area contributed by atoms with Crippen LogP contribution in [0.15, 0.2) is 33.9 Å². The van der Waals surface area contributed by atoms with Crippen LogP contribution in [0.5, 0.6) is 0 Å². The summed E-state index contributed by atoms with van der Waals surface area (Å²) in [5.41, 5.74) is 0. The van der Waals surface area contributed by atoms with Crippen molar-refractivity contribution in [1.82, 2.24) is 0 Å². The van der Waals surface area contributed by atoms with Crippen molar-refractivity contribution in [3.63, 3.8) is 0 Å². The van der Waals surface area contributed by atoms with Crippen molar-refractivity contribution in [1.29, 1.82) is 0 Å². The van der Waals surface area contributed by atoms with Gasteiger partial charge in [-0.15, -0.1) is 47.0 Å². The van der Waals surface area contributed by atoms with Crippen LogP contribution in [-0.2, 0) is 0 Å². The Morgan fingerprint density at radius 3 is 1.25 bits per heavy atom. The summed E-state index contributed by atoms with van der Waals surface area (Å²) in [5, 5.41) is 1.47. The Hall–Kier alpha value is 2.46. The van der Waals surface area contributed by atoms with E-state index in [0.29, 0.717) is 0 Å². The number of thioether (sulfide) groups is 10. The van der Waals surface area contributed by atoms with Gasteiger partial charge in [0.2, 0.25) is 0 Å². The highest BCUT2D eigenvalue weighted by molar-refractivity contribution is 8.50. The van der Waals surface area contributed by atoms with Crippen molar-refractivity contribution in [3.8, 4) is 0 Å². The van der Waals surface area contributed by atoms with Gasteiger partial charge < -0.3 is 0 Å². The molecule has 1 fully saturated rings. The van der Waals surface area contributed by atoms with Gasteiger partial charge in [0, 0.05) is 10.5 Å². The molecule has 0 amide bonds. The van der Waals surface area contributed by atoms with E-state index in [1.54, 1.807) is 4.24 Å². The van der Waals surface area contributed by atoms with Crippen LogP contribution in [0.4, 0.5) is 0 Å². The van der Waals surface area contributed by atoms with E-state index in [1.165, 1.54) is 29.7 Å². The van der Waals surface area contributed by atoms with Gasteiger partial charge in [-0.05, 0) is 12.5 Å². The lowest BCUT2D eigenvalue weighted by Crippen LogP contribution is -2.04. The largest absolute Gasteiger partial charge is 0.121 e. The topological polar surface area (TPSA) is 0 Å². The molecule has 2 atom stereocenters. The molecule has 4 rings (SSSR count). The van der Waals surface area contributed by atoms with Gasteiger partial charge in [-0.2, -0.15) is 0 Å². The number of hydrogen-bond acceptors (Lipinski definition) is 10. The highest BCUT2D eigenvalue weighted by atomic mass is 32.3. The molecule has 0 aromatic rings. The quantitative estimate of drug-likeness (QED) is 0.357. The number of rotatable bonds is 2. The summed E-state index contributed by atoms with van der Waals surface area (Å²) >= 11 is 19.8. The summed E-state index contributed by atoms with van der Waals surface area (Å²) < 4.78 is 12.0. The molecule has 0 aromatic carbocycles. The van der Waals surface area contributed by atoms with Crippen LogP contribution in [0, 0.1) is 0 Å². The molecule has 4 aliphatic heterocycles. The van der Waals surface area contributed by atoms with E-state index in [1.807, 2.05) is 94.1 Å². The van der Waals surface area contributed by atoms with Crippen molar-refractivity contribution in [2.45, 2.75) is 24.3 Å². The first-order valence-electron chi connectivity index (χ1n) is 7.04. The molecule has 4 heterocycles. The average Bonchev–Trinajstić information content (AvgIpc) is 3.29. The van der Waals surface area contributed by atoms with E-state index in [4.69, 9.17) is 0 Å². The lowest BCUT2D eigenvalue weighted by Gasteiger charge is -2.07. The fraction of sp³-hybridized carbons (Fsp3) is 0.429. The molecule has 0 nitrogen and oxygen atoms in total. The predicted octanol–water partition coefficient (Wildman–Crippen LogP) is 8.92. The molecule has 24 heavy (non-hydrogen) atoms. The molecule has 0 unspecified atom stereocenters.